The lowest BCUT2D eigenvalue weighted by Gasteiger charge is -2.09. The Hall–Kier alpha value is -1.21. The number of carboxylic acid groups (broad SMARTS) is 1. The molecule has 20 heavy (non-hydrogen) atoms. The summed E-state index contributed by atoms with van der Waals surface area (Å²) < 4.78 is 6.47. The highest BCUT2D eigenvalue weighted by molar-refractivity contribution is 14.1. The lowest BCUT2D eigenvalue weighted by molar-refractivity contribution is 0.0696. The molecule has 0 aliphatic carbocycles. The van der Waals surface area contributed by atoms with E-state index in [1.54, 1.807) is 37.1 Å². The standard InChI is InChI=1S/C15H13IO3S/c1-19-13-8-11(15(17)18)5-6-14(13)20-9-10-3-2-4-12(16)7-10/h2-8H,9H2,1H3,(H,17,18). The molecule has 3 nitrogen and oxygen atoms in total. The Kier molecular flexibility index (Phi) is 5.31. The summed E-state index contributed by atoms with van der Waals surface area (Å²) in [4.78, 5) is 11.9. The largest absolute Gasteiger partial charge is 0.496 e. The van der Waals surface area contributed by atoms with Crippen LogP contribution in [-0.2, 0) is 5.75 Å². The number of halogens is 1. The van der Waals surface area contributed by atoms with Crippen LogP contribution in [0.1, 0.15) is 15.9 Å². The van der Waals surface area contributed by atoms with Crippen molar-refractivity contribution < 1.29 is 14.6 Å². The molecule has 0 aliphatic heterocycles. The average molecular weight is 400 g/mol. The molecule has 0 aliphatic rings. The molecule has 0 aromatic heterocycles. The molecule has 0 unspecified atom stereocenters. The summed E-state index contributed by atoms with van der Waals surface area (Å²) in [6, 6.07) is 13.2. The van der Waals surface area contributed by atoms with E-state index < -0.39 is 5.97 Å². The fourth-order valence-electron chi connectivity index (χ4n) is 1.71. The maximum Gasteiger partial charge on any atom is 0.335 e. The van der Waals surface area contributed by atoms with E-state index in [9.17, 15) is 4.79 Å². The van der Waals surface area contributed by atoms with Crippen LogP contribution in [0.25, 0.3) is 0 Å². The van der Waals surface area contributed by atoms with E-state index in [4.69, 9.17) is 9.84 Å². The van der Waals surface area contributed by atoms with Crippen molar-refractivity contribution in [3.05, 3.63) is 57.2 Å². The molecule has 2 rings (SSSR count). The number of hydrogen-bond acceptors (Lipinski definition) is 3. The van der Waals surface area contributed by atoms with Crippen molar-refractivity contribution in [2.24, 2.45) is 0 Å². The van der Waals surface area contributed by atoms with Gasteiger partial charge in [-0.25, -0.2) is 4.79 Å². The van der Waals surface area contributed by atoms with Gasteiger partial charge in [0, 0.05) is 14.2 Å². The molecule has 2 aromatic carbocycles. The van der Waals surface area contributed by atoms with Crippen LogP contribution in [0, 0.1) is 3.57 Å². The summed E-state index contributed by atoms with van der Waals surface area (Å²) in [5, 5.41) is 8.97. The summed E-state index contributed by atoms with van der Waals surface area (Å²) in [5.74, 6) is 0.470. The fourth-order valence-corrected chi connectivity index (χ4v) is 3.27. The number of rotatable bonds is 5. The number of carbonyl (C=O) groups is 1. The van der Waals surface area contributed by atoms with Gasteiger partial charge in [-0.2, -0.15) is 0 Å². The predicted octanol–water partition coefficient (Wildman–Crippen LogP) is 4.29. The van der Waals surface area contributed by atoms with Crippen LogP contribution in [0.4, 0.5) is 0 Å². The Labute approximate surface area is 135 Å². The maximum atomic E-state index is 10.9. The molecule has 0 radical (unpaired) electrons. The van der Waals surface area contributed by atoms with E-state index >= 15 is 0 Å². The van der Waals surface area contributed by atoms with Gasteiger partial charge in [0.15, 0.2) is 0 Å². The molecular weight excluding hydrogens is 387 g/mol. The first-order valence-electron chi connectivity index (χ1n) is 5.88. The Morgan fingerprint density at radius 3 is 2.75 bits per heavy atom. The highest BCUT2D eigenvalue weighted by atomic mass is 127. The summed E-state index contributed by atoms with van der Waals surface area (Å²) in [5.41, 5.74) is 1.46. The van der Waals surface area contributed by atoms with Crippen molar-refractivity contribution in [1.82, 2.24) is 0 Å². The van der Waals surface area contributed by atoms with Crippen LogP contribution in [0.5, 0.6) is 5.75 Å². The Balaban J connectivity index is 2.15. The SMILES string of the molecule is COc1cc(C(=O)O)ccc1SCc1cccc(I)c1. The molecular formula is C15H13IO3S. The Morgan fingerprint density at radius 1 is 1.30 bits per heavy atom. The molecule has 0 bridgehead atoms. The Morgan fingerprint density at radius 2 is 2.10 bits per heavy atom. The van der Waals surface area contributed by atoms with Crippen molar-refractivity contribution >= 4 is 40.3 Å². The minimum absolute atomic E-state index is 0.237. The van der Waals surface area contributed by atoms with Gasteiger partial charge in [-0.3, -0.25) is 0 Å². The molecule has 0 spiro atoms. The number of methoxy groups -OCH3 is 1. The quantitative estimate of drug-likeness (QED) is 0.601. The zero-order valence-corrected chi connectivity index (χ0v) is 13.8. The van der Waals surface area contributed by atoms with E-state index in [-0.39, 0.29) is 5.56 Å². The first-order chi connectivity index (χ1) is 9.60. The number of thioether (sulfide) groups is 1. The van der Waals surface area contributed by atoms with Gasteiger partial charge in [-0.1, -0.05) is 12.1 Å². The van der Waals surface area contributed by atoms with Gasteiger partial charge in [0.1, 0.15) is 5.75 Å². The third kappa shape index (κ3) is 3.89. The van der Waals surface area contributed by atoms with Crippen molar-refractivity contribution in [3.8, 4) is 5.75 Å². The van der Waals surface area contributed by atoms with Crippen LogP contribution >= 0.6 is 34.4 Å². The molecule has 0 heterocycles. The normalized spacial score (nSPS) is 10.3. The molecule has 0 saturated carbocycles. The van der Waals surface area contributed by atoms with E-state index in [0.717, 1.165) is 10.6 Å². The number of carboxylic acids is 1. The van der Waals surface area contributed by atoms with Gasteiger partial charge in [-0.15, -0.1) is 11.8 Å². The van der Waals surface area contributed by atoms with E-state index in [0.29, 0.717) is 5.75 Å². The minimum Gasteiger partial charge on any atom is -0.496 e. The molecule has 0 saturated heterocycles. The van der Waals surface area contributed by atoms with E-state index in [2.05, 4.69) is 40.8 Å². The average Bonchev–Trinajstić information content (AvgIpc) is 2.45. The van der Waals surface area contributed by atoms with Crippen LogP contribution in [0.15, 0.2) is 47.4 Å². The predicted molar refractivity (Wildman–Crippen MR) is 88.7 cm³/mol. The second-order valence-corrected chi connectivity index (χ2v) is 6.35. The summed E-state index contributed by atoms with van der Waals surface area (Å²) in [6.45, 7) is 0. The molecule has 104 valence electrons. The summed E-state index contributed by atoms with van der Waals surface area (Å²) >= 11 is 3.92. The van der Waals surface area contributed by atoms with Gasteiger partial charge in [0.25, 0.3) is 0 Å². The molecule has 1 N–H and O–H groups in total. The fraction of sp³-hybridized carbons (Fsp3) is 0.133. The molecule has 0 fully saturated rings. The maximum absolute atomic E-state index is 10.9. The van der Waals surface area contributed by atoms with Gasteiger partial charge in [0.05, 0.1) is 12.7 Å². The third-order valence-electron chi connectivity index (χ3n) is 2.69. The zero-order chi connectivity index (χ0) is 14.5. The van der Waals surface area contributed by atoms with Gasteiger partial charge >= 0.3 is 5.97 Å². The van der Waals surface area contributed by atoms with Gasteiger partial charge in [0.2, 0.25) is 0 Å². The first-order valence-corrected chi connectivity index (χ1v) is 7.95. The van der Waals surface area contributed by atoms with Crippen LogP contribution in [0.2, 0.25) is 0 Å². The Bertz CT molecular complexity index is 628. The van der Waals surface area contributed by atoms with E-state index in [1.807, 2.05) is 6.07 Å². The number of benzene rings is 2. The highest BCUT2D eigenvalue weighted by Gasteiger charge is 2.09. The topological polar surface area (TPSA) is 46.5 Å². The number of hydrogen-bond donors (Lipinski definition) is 1. The summed E-state index contributed by atoms with van der Waals surface area (Å²) in [7, 11) is 1.55. The van der Waals surface area contributed by atoms with Crippen molar-refractivity contribution in [2.45, 2.75) is 10.6 Å². The van der Waals surface area contributed by atoms with Crippen LogP contribution in [0.3, 0.4) is 0 Å². The minimum atomic E-state index is -0.947. The number of aromatic carboxylic acids is 1. The zero-order valence-electron chi connectivity index (χ0n) is 10.8. The van der Waals surface area contributed by atoms with Crippen molar-refractivity contribution in [3.63, 3.8) is 0 Å². The second kappa shape index (κ2) is 6.99. The summed E-state index contributed by atoms with van der Waals surface area (Å²) in [6.07, 6.45) is 0. The monoisotopic (exact) mass is 400 g/mol. The van der Waals surface area contributed by atoms with Crippen LogP contribution < -0.4 is 4.74 Å². The van der Waals surface area contributed by atoms with Gasteiger partial charge < -0.3 is 9.84 Å². The smallest absolute Gasteiger partial charge is 0.335 e. The first kappa shape index (κ1) is 15.2. The van der Waals surface area contributed by atoms with Gasteiger partial charge in [-0.05, 0) is 58.5 Å². The number of ether oxygens (including phenoxy) is 1. The third-order valence-corrected chi connectivity index (χ3v) is 4.49. The molecule has 2 aromatic rings. The highest BCUT2D eigenvalue weighted by Crippen LogP contribution is 2.32. The molecule has 5 heteroatoms. The van der Waals surface area contributed by atoms with Crippen LogP contribution in [-0.4, -0.2) is 18.2 Å². The van der Waals surface area contributed by atoms with Crippen molar-refractivity contribution in [1.29, 1.82) is 0 Å². The molecule has 0 amide bonds. The lowest BCUT2D eigenvalue weighted by Crippen LogP contribution is -1.97. The second-order valence-electron chi connectivity index (χ2n) is 4.09. The molecule has 0 atom stereocenters. The van der Waals surface area contributed by atoms with E-state index in [1.165, 1.54) is 9.13 Å². The van der Waals surface area contributed by atoms with Crippen molar-refractivity contribution in [2.75, 3.05) is 7.11 Å². The lowest BCUT2D eigenvalue weighted by atomic mass is 10.2.